The summed E-state index contributed by atoms with van der Waals surface area (Å²) < 4.78 is 49.2. The van der Waals surface area contributed by atoms with E-state index < -0.39 is 40.9 Å². The van der Waals surface area contributed by atoms with Crippen LogP contribution in [0.2, 0.25) is 0 Å². The molecule has 2 aromatic carbocycles. The Morgan fingerprint density at radius 1 is 1.02 bits per heavy atom. The Bertz CT molecular complexity index is 1150. The van der Waals surface area contributed by atoms with E-state index in [2.05, 4.69) is 5.32 Å². The molecule has 1 amide bonds. The maximum Gasteiger partial charge on any atom is 0.407 e. The zero-order valence-electron chi connectivity index (χ0n) is 22.6. The quantitative estimate of drug-likeness (QED) is 0.365. The predicted molar refractivity (Wildman–Crippen MR) is 145 cm³/mol. The number of carbonyl (C=O) groups is 1. The number of aliphatic hydroxyl groups excluding tert-OH is 1. The molecule has 2 aromatic rings. The number of aliphatic hydroxyl groups is 1. The van der Waals surface area contributed by atoms with E-state index in [1.807, 2.05) is 30.3 Å². The van der Waals surface area contributed by atoms with Crippen molar-refractivity contribution >= 4 is 16.1 Å². The molecule has 4 rings (SSSR count). The van der Waals surface area contributed by atoms with Gasteiger partial charge in [-0.2, -0.15) is 0 Å². The second kappa shape index (κ2) is 14.8. The van der Waals surface area contributed by atoms with Crippen molar-refractivity contribution in [3.8, 4) is 5.75 Å². The van der Waals surface area contributed by atoms with Gasteiger partial charge in [0.25, 0.3) is 10.0 Å². The lowest BCUT2D eigenvalue weighted by molar-refractivity contribution is -0.157. The minimum absolute atomic E-state index is 0.000543. The fourth-order valence-corrected chi connectivity index (χ4v) is 6.00. The van der Waals surface area contributed by atoms with Gasteiger partial charge in [0.15, 0.2) is 6.10 Å². The first-order chi connectivity index (χ1) is 19.3. The average molecular weight is 579 g/mol. The first-order valence-electron chi connectivity index (χ1n) is 13.5. The number of methoxy groups -OCH3 is 1. The highest BCUT2D eigenvalue weighted by Gasteiger charge is 2.34. The smallest absolute Gasteiger partial charge is 0.407 e. The van der Waals surface area contributed by atoms with E-state index in [9.17, 15) is 18.3 Å². The minimum Gasteiger partial charge on any atom is -0.497 e. The summed E-state index contributed by atoms with van der Waals surface area (Å²) in [5, 5.41) is 14.1. The Hall–Kier alpha value is -2.74. The van der Waals surface area contributed by atoms with Gasteiger partial charge in [0.1, 0.15) is 12.5 Å². The zero-order valence-corrected chi connectivity index (χ0v) is 23.5. The van der Waals surface area contributed by atoms with Crippen molar-refractivity contribution in [2.45, 2.75) is 67.8 Å². The molecule has 0 aromatic heterocycles. The van der Waals surface area contributed by atoms with E-state index in [1.54, 1.807) is 12.1 Å². The molecule has 220 valence electrons. The molecular formula is C28H38N2O9S. The molecule has 2 fully saturated rings. The summed E-state index contributed by atoms with van der Waals surface area (Å²) >= 11 is 0. The summed E-state index contributed by atoms with van der Waals surface area (Å²) in [6, 6.07) is 14.4. The molecule has 40 heavy (non-hydrogen) atoms. The van der Waals surface area contributed by atoms with Crippen LogP contribution in [0.15, 0.2) is 59.5 Å². The number of hydrogen-bond donors (Lipinski definition) is 2. The van der Waals surface area contributed by atoms with Crippen LogP contribution in [0, 0.1) is 0 Å². The molecule has 1 aliphatic carbocycles. The number of sulfonamides is 1. The number of hydroxylamine groups is 1. The van der Waals surface area contributed by atoms with E-state index in [1.165, 1.54) is 19.2 Å². The highest BCUT2D eigenvalue weighted by Crippen LogP contribution is 2.26. The number of ether oxygens (including phenoxy) is 4. The fourth-order valence-electron chi connectivity index (χ4n) is 4.70. The largest absolute Gasteiger partial charge is 0.497 e. The lowest BCUT2D eigenvalue weighted by Gasteiger charge is -2.32. The molecular weight excluding hydrogens is 540 g/mol. The van der Waals surface area contributed by atoms with Crippen LogP contribution >= 0.6 is 0 Å². The summed E-state index contributed by atoms with van der Waals surface area (Å²) in [6.07, 6.45) is 1.60. The third kappa shape index (κ3) is 8.63. The molecule has 2 atom stereocenters. The van der Waals surface area contributed by atoms with Crippen molar-refractivity contribution in [3.05, 3.63) is 60.2 Å². The number of hydrogen-bond acceptors (Lipinski definition) is 9. The van der Waals surface area contributed by atoms with Crippen molar-refractivity contribution in [3.63, 3.8) is 0 Å². The maximum atomic E-state index is 13.7. The predicted octanol–water partition coefficient (Wildman–Crippen LogP) is 3.02. The molecule has 0 unspecified atom stereocenters. The summed E-state index contributed by atoms with van der Waals surface area (Å²) in [6.45, 7) is 0.124. The molecule has 0 spiro atoms. The number of nitrogens with zero attached hydrogens (tertiary/aromatic N) is 1. The Balaban J connectivity index is 1.54. The lowest BCUT2D eigenvalue weighted by Crippen LogP contribution is -2.52. The van der Waals surface area contributed by atoms with Crippen LogP contribution in [-0.2, 0) is 35.5 Å². The molecule has 0 radical (unpaired) electrons. The standard InChI is InChI=1S/C28H38N2O9S/c1-35-22-12-14-25(15-13-22)40(33,34)30(39-23-10-6-3-7-11-23)17-27(31)26(16-21-8-4-2-5-9-21)29-28(32)38-24-18-36-20-37-19-24/h2,4-5,8-9,12-15,23-24,26-27,31H,3,6-7,10-11,16-20H2,1H3,(H,29,32)/t26-,27-/m0/s1. The summed E-state index contributed by atoms with van der Waals surface area (Å²) in [4.78, 5) is 18.8. The van der Waals surface area contributed by atoms with Gasteiger partial charge in [-0.1, -0.05) is 54.1 Å². The summed E-state index contributed by atoms with van der Waals surface area (Å²) in [5.41, 5.74) is 0.842. The third-order valence-corrected chi connectivity index (χ3v) is 8.53. The van der Waals surface area contributed by atoms with Crippen LogP contribution < -0.4 is 10.1 Å². The highest BCUT2D eigenvalue weighted by molar-refractivity contribution is 7.89. The van der Waals surface area contributed by atoms with Gasteiger partial charge >= 0.3 is 6.09 Å². The summed E-state index contributed by atoms with van der Waals surface area (Å²) in [5.74, 6) is 0.512. The molecule has 2 N–H and O–H groups in total. The van der Waals surface area contributed by atoms with Gasteiger partial charge in [-0.25, -0.2) is 13.2 Å². The molecule has 1 saturated carbocycles. The van der Waals surface area contributed by atoms with Crippen LogP contribution in [-0.4, -0.2) is 82.1 Å². The molecule has 0 bridgehead atoms. The second-order valence-corrected chi connectivity index (χ2v) is 11.8. The van der Waals surface area contributed by atoms with Gasteiger partial charge in [-0.15, -0.1) is 0 Å². The number of alkyl carbamates (subject to hydrolysis) is 1. The Morgan fingerprint density at radius 3 is 2.35 bits per heavy atom. The number of rotatable bonds is 12. The Labute approximate surface area is 235 Å². The first kappa shape index (κ1) is 30.2. The lowest BCUT2D eigenvalue weighted by atomic mass is 9.98. The third-order valence-electron chi connectivity index (χ3n) is 6.89. The number of amides is 1. The monoisotopic (exact) mass is 578 g/mol. The Morgan fingerprint density at radius 2 is 1.70 bits per heavy atom. The normalized spacial score (nSPS) is 18.7. The van der Waals surface area contributed by atoms with Crippen molar-refractivity contribution in [1.29, 1.82) is 0 Å². The van der Waals surface area contributed by atoms with Crippen LogP contribution in [0.25, 0.3) is 0 Å². The number of nitrogens with one attached hydrogen (secondary N) is 1. The maximum absolute atomic E-state index is 13.7. The van der Waals surface area contributed by atoms with Crippen molar-refractivity contribution in [2.75, 3.05) is 33.7 Å². The van der Waals surface area contributed by atoms with Gasteiger partial charge in [0.05, 0.1) is 50.0 Å². The molecule has 1 heterocycles. The fraction of sp³-hybridized carbons (Fsp3) is 0.536. The van der Waals surface area contributed by atoms with Crippen LogP contribution in [0.4, 0.5) is 4.79 Å². The first-order valence-corrected chi connectivity index (χ1v) is 15.0. The second-order valence-electron chi connectivity index (χ2n) is 9.93. The number of benzene rings is 2. The van der Waals surface area contributed by atoms with E-state index in [0.29, 0.717) is 18.6 Å². The molecule has 11 nitrogen and oxygen atoms in total. The van der Waals surface area contributed by atoms with Gasteiger partial charge < -0.3 is 29.4 Å². The van der Waals surface area contributed by atoms with Crippen molar-refractivity contribution in [2.24, 2.45) is 0 Å². The van der Waals surface area contributed by atoms with Gasteiger partial charge in [0, 0.05) is 0 Å². The summed E-state index contributed by atoms with van der Waals surface area (Å²) in [7, 11) is -2.66. The average Bonchev–Trinajstić information content (AvgIpc) is 2.98. The van der Waals surface area contributed by atoms with E-state index in [-0.39, 0.29) is 37.4 Å². The minimum atomic E-state index is -4.16. The van der Waals surface area contributed by atoms with Gasteiger partial charge in [0.2, 0.25) is 0 Å². The topological polar surface area (TPSA) is 133 Å². The van der Waals surface area contributed by atoms with Crippen LogP contribution in [0.5, 0.6) is 5.75 Å². The Kier molecular flexibility index (Phi) is 11.2. The molecule has 12 heteroatoms. The van der Waals surface area contributed by atoms with Gasteiger partial charge in [-0.05, 0) is 49.1 Å². The number of carbonyl (C=O) groups excluding carboxylic acids is 1. The zero-order chi connectivity index (χ0) is 28.4. The molecule has 1 saturated heterocycles. The van der Waals surface area contributed by atoms with Crippen LogP contribution in [0.1, 0.15) is 37.7 Å². The van der Waals surface area contributed by atoms with Crippen molar-refractivity contribution in [1.82, 2.24) is 9.79 Å². The van der Waals surface area contributed by atoms with E-state index >= 15 is 0 Å². The highest BCUT2D eigenvalue weighted by atomic mass is 32.2. The van der Waals surface area contributed by atoms with E-state index in [0.717, 1.165) is 29.3 Å². The van der Waals surface area contributed by atoms with Gasteiger partial charge in [-0.3, -0.25) is 4.84 Å². The van der Waals surface area contributed by atoms with Crippen LogP contribution in [0.3, 0.4) is 0 Å². The molecule has 1 aliphatic heterocycles. The SMILES string of the molecule is COc1ccc(S(=O)(=O)N(C[C@H](O)[C@H](Cc2ccccc2)NC(=O)OC2COCOC2)OC2CCCCC2)cc1. The van der Waals surface area contributed by atoms with Crippen molar-refractivity contribution < 1.29 is 42.1 Å². The molecule has 2 aliphatic rings. The van der Waals surface area contributed by atoms with E-state index in [4.69, 9.17) is 23.8 Å².